The van der Waals surface area contributed by atoms with Crippen LogP contribution in [0.1, 0.15) is 5.56 Å². The Labute approximate surface area is 160 Å². The van der Waals surface area contributed by atoms with Crippen molar-refractivity contribution >= 4 is 39.2 Å². The van der Waals surface area contributed by atoms with Gasteiger partial charge in [0.15, 0.2) is 4.80 Å². The Morgan fingerprint density at radius 2 is 2.19 bits per heavy atom. The minimum atomic E-state index is -0.173. The lowest BCUT2D eigenvalue weighted by molar-refractivity contribution is -0.117. The normalized spacial score (nSPS) is 11.7. The van der Waals surface area contributed by atoms with Crippen LogP contribution in [0.25, 0.3) is 10.2 Å². The Kier molecular flexibility index (Phi) is 5.96. The number of allylic oxidation sites excluding steroid dienone is 1. The third kappa shape index (κ3) is 4.08. The Balaban J connectivity index is 1.97. The molecule has 0 atom stereocenters. The van der Waals surface area contributed by atoms with Crippen molar-refractivity contribution in [3.8, 4) is 5.75 Å². The average Bonchev–Trinajstić information content (AvgIpc) is 2.98. The first-order valence-corrected chi connectivity index (χ1v) is 10.2. The molecule has 0 aliphatic carbocycles. The number of hydrogen-bond acceptors (Lipinski definition) is 4. The lowest BCUT2D eigenvalue weighted by atomic mass is 10.1. The molecule has 0 aliphatic heterocycles. The number of benzene rings is 2. The van der Waals surface area contributed by atoms with Gasteiger partial charge in [0.25, 0.3) is 5.91 Å². The minimum Gasteiger partial charge on any atom is -0.497 e. The van der Waals surface area contributed by atoms with Crippen molar-refractivity contribution < 1.29 is 9.53 Å². The largest absolute Gasteiger partial charge is 0.497 e. The summed E-state index contributed by atoms with van der Waals surface area (Å²) in [5.41, 5.74) is 1.96. The summed E-state index contributed by atoms with van der Waals surface area (Å²) in [5, 5.41) is 0. The molecule has 0 radical (unpaired) electrons. The van der Waals surface area contributed by atoms with E-state index in [9.17, 15) is 4.79 Å². The number of amides is 1. The average molecular weight is 385 g/mol. The molecule has 4 nitrogen and oxygen atoms in total. The fraction of sp³-hybridized carbons (Fsp3) is 0.200. The Bertz CT molecular complexity index is 1020. The van der Waals surface area contributed by atoms with Gasteiger partial charge in [0.1, 0.15) is 5.75 Å². The molecule has 0 spiro atoms. The maximum absolute atomic E-state index is 12.5. The number of hydrogen-bond donors (Lipinski definition) is 0. The topological polar surface area (TPSA) is 43.6 Å². The highest BCUT2D eigenvalue weighted by Crippen LogP contribution is 2.24. The summed E-state index contributed by atoms with van der Waals surface area (Å²) < 4.78 is 8.36. The summed E-state index contributed by atoms with van der Waals surface area (Å²) >= 11 is 3.23. The molecule has 0 aliphatic rings. The summed E-state index contributed by atoms with van der Waals surface area (Å²) in [7, 11) is 1.61. The van der Waals surface area contributed by atoms with E-state index in [1.54, 1.807) is 18.9 Å². The van der Waals surface area contributed by atoms with E-state index in [4.69, 9.17) is 4.74 Å². The molecule has 134 valence electrons. The second-order valence-electron chi connectivity index (χ2n) is 5.65. The first-order chi connectivity index (χ1) is 12.6. The zero-order valence-electron chi connectivity index (χ0n) is 14.8. The molecule has 6 heteroatoms. The second-order valence-corrected chi connectivity index (χ2v) is 7.54. The van der Waals surface area contributed by atoms with Gasteiger partial charge in [-0.25, -0.2) is 0 Å². The summed E-state index contributed by atoms with van der Waals surface area (Å²) in [5.74, 6) is 0.566. The number of thiazole rings is 1. The number of aromatic nitrogens is 1. The third-order valence-electron chi connectivity index (χ3n) is 3.91. The van der Waals surface area contributed by atoms with Crippen molar-refractivity contribution in [2.75, 3.05) is 13.4 Å². The number of ether oxygens (including phenoxy) is 1. The highest BCUT2D eigenvalue weighted by molar-refractivity contribution is 7.98. The SMILES string of the molecule is C=CCn1c(=NC(=O)Cc2cccc(OC)c2)sc2cc(SC)ccc21. The van der Waals surface area contributed by atoms with E-state index in [2.05, 4.69) is 36.0 Å². The van der Waals surface area contributed by atoms with E-state index in [-0.39, 0.29) is 12.3 Å². The number of fused-ring (bicyclic) bond motifs is 1. The minimum absolute atomic E-state index is 0.173. The van der Waals surface area contributed by atoms with Crippen molar-refractivity contribution in [3.05, 3.63) is 65.5 Å². The van der Waals surface area contributed by atoms with Gasteiger partial charge in [0, 0.05) is 11.4 Å². The van der Waals surface area contributed by atoms with Crippen LogP contribution in [-0.4, -0.2) is 23.8 Å². The van der Waals surface area contributed by atoms with Gasteiger partial charge in [-0.1, -0.05) is 29.5 Å². The molecule has 26 heavy (non-hydrogen) atoms. The monoisotopic (exact) mass is 384 g/mol. The predicted octanol–water partition coefficient (Wildman–Crippen LogP) is 4.29. The van der Waals surface area contributed by atoms with Gasteiger partial charge in [-0.05, 0) is 42.2 Å². The second kappa shape index (κ2) is 8.38. The van der Waals surface area contributed by atoms with Gasteiger partial charge >= 0.3 is 0 Å². The van der Waals surface area contributed by atoms with Gasteiger partial charge < -0.3 is 9.30 Å². The van der Waals surface area contributed by atoms with E-state index in [1.807, 2.05) is 34.9 Å². The van der Waals surface area contributed by atoms with E-state index in [0.29, 0.717) is 11.3 Å². The number of carbonyl (C=O) groups excluding carboxylic acids is 1. The molecule has 3 rings (SSSR count). The van der Waals surface area contributed by atoms with Crippen molar-refractivity contribution in [3.63, 3.8) is 0 Å². The Morgan fingerprint density at radius 3 is 2.92 bits per heavy atom. The highest BCUT2D eigenvalue weighted by Gasteiger charge is 2.09. The van der Waals surface area contributed by atoms with Crippen LogP contribution in [0.5, 0.6) is 5.75 Å². The van der Waals surface area contributed by atoms with Crippen molar-refractivity contribution in [2.45, 2.75) is 17.9 Å². The maximum atomic E-state index is 12.5. The molecule has 0 N–H and O–H groups in total. The van der Waals surface area contributed by atoms with Gasteiger partial charge in [0.2, 0.25) is 0 Å². The van der Waals surface area contributed by atoms with Crippen molar-refractivity contribution in [1.82, 2.24) is 4.57 Å². The van der Waals surface area contributed by atoms with Crippen molar-refractivity contribution in [1.29, 1.82) is 0 Å². The molecular formula is C20H20N2O2S2. The van der Waals surface area contributed by atoms with Crippen LogP contribution >= 0.6 is 23.1 Å². The van der Waals surface area contributed by atoms with Crippen LogP contribution < -0.4 is 9.54 Å². The smallest absolute Gasteiger partial charge is 0.252 e. The van der Waals surface area contributed by atoms with Gasteiger partial charge in [-0.2, -0.15) is 4.99 Å². The van der Waals surface area contributed by atoms with E-state index < -0.39 is 0 Å². The standard InChI is InChI=1S/C20H20N2O2S2/c1-4-10-22-17-9-8-16(25-3)13-18(17)26-20(22)21-19(23)12-14-6-5-7-15(11-14)24-2/h4-9,11,13H,1,10,12H2,2-3H3. The molecule has 0 fully saturated rings. The van der Waals surface area contributed by atoms with Gasteiger partial charge in [-0.15, -0.1) is 18.3 Å². The van der Waals surface area contributed by atoms with Crippen LogP contribution in [0, 0.1) is 0 Å². The quantitative estimate of drug-likeness (QED) is 0.470. The number of thioether (sulfide) groups is 1. The summed E-state index contributed by atoms with van der Waals surface area (Å²) in [6.45, 7) is 4.44. The first-order valence-electron chi connectivity index (χ1n) is 8.13. The first kappa shape index (κ1) is 18.5. The number of methoxy groups -OCH3 is 1. The lowest BCUT2D eigenvalue weighted by Crippen LogP contribution is -2.16. The van der Waals surface area contributed by atoms with Crippen LogP contribution in [-0.2, 0) is 17.8 Å². The molecule has 3 aromatic rings. The lowest BCUT2D eigenvalue weighted by Gasteiger charge is -2.03. The molecule has 1 aromatic heterocycles. The number of rotatable bonds is 6. The van der Waals surface area contributed by atoms with Gasteiger partial charge in [0.05, 0.1) is 23.7 Å². The third-order valence-corrected chi connectivity index (χ3v) is 5.68. The zero-order valence-corrected chi connectivity index (χ0v) is 16.4. The van der Waals surface area contributed by atoms with E-state index in [0.717, 1.165) is 21.5 Å². The molecule has 0 saturated carbocycles. The summed E-state index contributed by atoms with van der Waals surface area (Å²) in [4.78, 5) is 18.8. The van der Waals surface area contributed by atoms with Crippen LogP contribution in [0.3, 0.4) is 0 Å². The Hall–Kier alpha value is -2.31. The van der Waals surface area contributed by atoms with Gasteiger partial charge in [-0.3, -0.25) is 4.79 Å². The van der Waals surface area contributed by atoms with Crippen LogP contribution in [0.2, 0.25) is 0 Å². The molecule has 2 aromatic carbocycles. The fourth-order valence-electron chi connectivity index (χ4n) is 2.67. The van der Waals surface area contributed by atoms with Crippen LogP contribution in [0.4, 0.5) is 0 Å². The molecule has 0 unspecified atom stereocenters. The van der Waals surface area contributed by atoms with Crippen molar-refractivity contribution in [2.24, 2.45) is 4.99 Å². The predicted molar refractivity (Wildman–Crippen MR) is 109 cm³/mol. The zero-order chi connectivity index (χ0) is 18.5. The highest BCUT2D eigenvalue weighted by atomic mass is 32.2. The number of carbonyl (C=O) groups is 1. The molecule has 0 saturated heterocycles. The molecule has 1 amide bonds. The number of nitrogens with zero attached hydrogens (tertiary/aromatic N) is 2. The summed E-state index contributed by atoms with van der Waals surface area (Å²) in [6, 6.07) is 13.8. The summed E-state index contributed by atoms with van der Waals surface area (Å²) in [6.07, 6.45) is 4.12. The van der Waals surface area contributed by atoms with E-state index >= 15 is 0 Å². The molecule has 1 heterocycles. The van der Waals surface area contributed by atoms with E-state index in [1.165, 1.54) is 16.2 Å². The molecular weight excluding hydrogens is 364 g/mol. The Morgan fingerprint density at radius 1 is 1.35 bits per heavy atom. The van der Waals surface area contributed by atoms with Crippen LogP contribution in [0.15, 0.2) is 65.0 Å². The maximum Gasteiger partial charge on any atom is 0.252 e. The fourth-order valence-corrected chi connectivity index (χ4v) is 4.28. The molecule has 0 bridgehead atoms.